The van der Waals surface area contributed by atoms with Crippen LogP contribution in [0.4, 0.5) is 0 Å². The average Bonchev–Trinajstić information content (AvgIpc) is 3.02. The fourth-order valence-corrected chi connectivity index (χ4v) is 3.50. The monoisotopic (exact) mass is 406 g/mol. The van der Waals surface area contributed by atoms with E-state index in [1.807, 2.05) is 18.2 Å². The van der Waals surface area contributed by atoms with Crippen LogP contribution in [0.5, 0.6) is 5.75 Å². The SMILES string of the molecule is OCCNCCCOc1ccc2c(-c3ccc(Br)cc3)nsc2c1. The summed E-state index contributed by atoms with van der Waals surface area (Å²) in [6, 6.07) is 14.3. The lowest BCUT2D eigenvalue weighted by Crippen LogP contribution is -2.20. The Balaban J connectivity index is 1.66. The van der Waals surface area contributed by atoms with Gasteiger partial charge in [-0.2, -0.15) is 4.37 Å². The number of nitrogens with zero attached hydrogens (tertiary/aromatic N) is 1. The minimum Gasteiger partial charge on any atom is -0.493 e. The molecule has 0 aliphatic carbocycles. The number of rotatable bonds is 8. The molecule has 2 aromatic carbocycles. The van der Waals surface area contributed by atoms with Gasteiger partial charge < -0.3 is 15.2 Å². The van der Waals surface area contributed by atoms with Crippen LogP contribution in [0.2, 0.25) is 0 Å². The fourth-order valence-electron chi connectivity index (χ4n) is 2.41. The lowest BCUT2D eigenvalue weighted by atomic mass is 10.1. The topological polar surface area (TPSA) is 54.4 Å². The van der Waals surface area contributed by atoms with Gasteiger partial charge in [-0.25, -0.2) is 0 Å². The quantitative estimate of drug-likeness (QED) is 0.553. The standard InChI is InChI=1S/C18H19BrN2O2S/c19-14-4-2-13(3-5-14)18-16-7-6-15(12-17(16)24-21-18)23-11-1-8-20-9-10-22/h2-7,12,20,22H,1,8-11H2. The molecule has 1 heterocycles. The maximum absolute atomic E-state index is 8.70. The number of halogens is 1. The van der Waals surface area contributed by atoms with E-state index < -0.39 is 0 Å². The van der Waals surface area contributed by atoms with Crippen molar-refractivity contribution in [2.75, 3.05) is 26.3 Å². The molecule has 126 valence electrons. The van der Waals surface area contributed by atoms with Gasteiger partial charge in [0.15, 0.2) is 0 Å². The van der Waals surface area contributed by atoms with Crippen LogP contribution in [-0.2, 0) is 0 Å². The molecule has 24 heavy (non-hydrogen) atoms. The molecule has 0 unspecified atom stereocenters. The third-order valence-corrected chi connectivity index (χ3v) is 4.95. The molecule has 0 aliphatic rings. The number of hydrogen-bond acceptors (Lipinski definition) is 5. The first-order valence-electron chi connectivity index (χ1n) is 7.87. The fraction of sp³-hybridized carbons (Fsp3) is 0.278. The Kier molecular flexibility index (Phi) is 6.20. The van der Waals surface area contributed by atoms with Crippen molar-refractivity contribution in [3.8, 4) is 17.0 Å². The molecule has 0 spiro atoms. The summed E-state index contributed by atoms with van der Waals surface area (Å²) in [7, 11) is 0. The normalized spacial score (nSPS) is 11.1. The van der Waals surface area contributed by atoms with E-state index in [4.69, 9.17) is 9.84 Å². The van der Waals surface area contributed by atoms with E-state index in [9.17, 15) is 0 Å². The minimum absolute atomic E-state index is 0.170. The Morgan fingerprint density at radius 1 is 1.12 bits per heavy atom. The van der Waals surface area contributed by atoms with Crippen LogP contribution in [0.15, 0.2) is 46.9 Å². The summed E-state index contributed by atoms with van der Waals surface area (Å²) in [5, 5.41) is 13.0. The molecule has 0 atom stereocenters. The van der Waals surface area contributed by atoms with E-state index in [1.165, 1.54) is 11.5 Å². The van der Waals surface area contributed by atoms with Crippen molar-refractivity contribution in [2.45, 2.75) is 6.42 Å². The second kappa shape index (κ2) is 8.58. The van der Waals surface area contributed by atoms with Gasteiger partial charge in [0.1, 0.15) is 5.75 Å². The number of aliphatic hydroxyl groups is 1. The van der Waals surface area contributed by atoms with Crippen molar-refractivity contribution in [3.63, 3.8) is 0 Å². The Bertz CT molecular complexity index is 789. The molecule has 2 N–H and O–H groups in total. The predicted octanol–water partition coefficient (Wildman–Crippen LogP) is 4.08. The summed E-state index contributed by atoms with van der Waals surface area (Å²) >= 11 is 4.96. The molecule has 0 saturated carbocycles. The van der Waals surface area contributed by atoms with Gasteiger partial charge in [0.2, 0.25) is 0 Å². The summed E-state index contributed by atoms with van der Waals surface area (Å²) in [5.41, 5.74) is 2.13. The summed E-state index contributed by atoms with van der Waals surface area (Å²) in [6.45, 7) is 2.30. The Hall–Kier alpha value is -1.47. The van der Waals surface area contributed by atoms with Crippen molar-refractivity contribution in [3.05, 3.63) is 46.9 Å². The van der Waals surface area contributed by atoms with Gasteiger partial charge >= 0.3 is 0 Å². The zero-order valence-electron chi connectivity index (χ0n) is 13.2. The molecule has 1 aromatic heterocycles. The molecular weight excluding hydrogens is 388 g/mol. The summed E-state index contributed by atoms with van der Waals surface area (Å²) in [4.78, 5) is 0. The highest BCUT2D eigenvalue weighted by Gasteiger charge is 2.09. The number of hydrogen-bond donors (Lipinski definition) is 2. The average molecular weight is 407 g/mol. The summed E-state index contributed by atoms with van der Waals surface area (Å²) in [6.07, 6.45) is 0.908. The first-order valence-corrected chi connectivity index (χ1v) is 9.44. The minimum atomic E-state index is 0.170. The molecule has 0 amide bonds. The Labute approximate surface area is 153 Å². The van der Waals surface area contributed by atoms with Crippen LogP contribution in [0.3, 0.4) is 0 Å². The largest absolute Gasteiger partial charge is 0.493 e. The van der Waals surface area contributed by atoms with Crippen molar-refractivity contribution in [1.29, 1.82) is 0 Å². The first kappa shape index (κ1) is 17.4. The molecule has 0 bridgehead atoms. The highest BCUT2D eigenvalue weighted by molar-refractivity contribution is 9.10. The summed E-state index contributed by atoms with van der Waals surface area (Å²) < 4.78 is 12.6. The van der Waals surface area contributed by atoms with E-state index in [1.54, 1.807) is 0 Å². The van der Waals surface area contributed by atoms with Crippen LogP contribution in [-0.4, -0.2) is 35.8 Å². The maximum Gasteiger partial charge on any atom is 0.120 e. The highest BCUT2D eigenvalue weighted by Crippen LogP contribution is 2.33. The third kappa shape index (κ3) is 4.33. The molecule has 0 aliphatic heterocycles. The van der Waals surface area contributed by atoms with Gasteiger partial charge in [-0.1, -0.05) is 28.1 Å². The number of aliphatic hydroxyl groups excluding tert-OH is 1. The number of nitrogens with one attached hydrogen (secondary N) is 1. The zero-order valence-corrected chi connectivity index (χ0v) is 15.6. The number of benzene rings is 2. The molecule has 3 aromatic rings. The van der Waals surface area contributed by atoms with Crippen molar-refractivity contribution in [1.82, 2.24) is 9.69 Å². The van der Waals surface area contributed by atoms with Gasteiger partial charge in [-0.3, -0.25) is 0 Å². The van der Waals surface area contributed by atoms with Crippen LogP contribution < -0.4 is 10.1 Å². The number of aromatic nitrogens is 1. The van der Waals surface area contributed by atoms with Crippen LogP contribution >= 0.6 is 27.5 Å². The predicted molar refractivity (Wildman–Crippen MR) is 103 cm³/mol. The molecule has 0 saturated heterocycles. The number of fused-ring (bicyclic) bond motifs is 1. The second-order valence-electron chi connectivity index (χ2n) is 5.37. The van der Waals surface area contributed by atoms with E-state index in [0.29, 0.717) is 13.2 Å². The van der Waals surface area contributed by atoms with Gasteiger partial charge in [0.25, 0.3) is 0 Å². The van der Waals surface area contributed by atoms with Crippen molar-refractivity contribution in [2.24, 2.45) is 0 Å². The lowest BCUT2D eigenvalue weighted by Gasteiger charge is -2.07. The highest BCUT2D eigenvalue weighted by atomic mass is 79.9. The van der Waals surface area contributed by atoms with Gasteiger partial charge in [0.05, 0.1) is 23.6 Å². The molecular formula is C18H19BrN2O2S. The first-order chi connectivity index (χ1) is 11.8. The second-order valence-corrected chi connectivity index (χ2v) is 7.09. The molecule has 0 radical (unpaired) electrons. The molecule has 0 fully saturated rings. The maximum atomic E-state index is 8.70. The van der Waals surface area contributed by atoms with E-state index >= 15 is 0 Å². The molecule has 6 heteroatoms. The van der Waals surface area contributed by atoms with E-state index in [2.05, 4.69) is 49.9 Å². The van der Waals surface area contributed by atoms with Crippen molar-refractivity contribution < 1.29 is 9.84 Å². The van der Waals surface area contributed by atoms with Crippen LogP contribution in [0.1, 0.15) is 6.42 Å². The molecule has 4 nitrogen and oxygen atoms in total. The Morgan fingerprint density at radius 3 is 2.75 bits per heavy atom. The summed E-state index contributed by atoms with van der Waals surface area (Å²) in [5.74, 6) is 0.871. The Morgan fingerprint density at radius 2 is 1.96 bits per heavy atom. The van der Waals surface area contributed by atoms with Crippen molar-refractivity contribution >= 4 is 37.5 Å². The van der Waals surface area contributed by atoms with Gasteiger partial charge in [-0.05, 0) is 54.8 Å². The molecule has 3 rings (SSSR count). The number of ether oxygens (including phenoxy) is 1. The zero-order chi connectivity index (χ0) is 16.8. The van der Waals surface area contributed by atoms with E-state index in [-0.39, 0.29) is 6.61 Å². The third-order valence-electron chi connectivity index (χ3n) is 3.62. The van der Waals surface area contributed by atoms with Gasteiger partial charge in [-0.15, -0.1) is 0 Å². The smallest absolute Gasteiger partial charge is 0.120 e. The van der Waals surface area contributed by atoms with Crippen LogP contribution in [0.25, 0.3) is 21.3 Å². The van der Waals surface area contributed by atoms with Crippen LogP contribution in [0, 0.1) is 0 Å². The lowest BCUT2D eigenvalue weighted by molar-refractivity contribution is 0.282. The van der Waals surface area contributed by atoms with Gasteiger partial charge in [0, 0.05) is 22.0 Å². The van der Waals surface area contributed by atoms with E-state index in [0.717, 1.165) is 44.5 Å².